The molecular formula is C19H30N2O3S. The fourth-order valence-corrected chi connectivity index (χ4v) is 5.62. The molecule has 0 spiro atoms. The average molecular weight is 367 g/mol. The second-order valence-electron chi connectivity index (χ2n) is 7.40. The highest BCUT2D eigenvalue weighted by molar-refractivity contribution is 7.89. The highest BCUT2D eigenvalue weighted by Crippen LogP contribution is 2.28. The molecule has 6 heteroatoms. The van der Waals surface area contributed by atoms with Crippen LogP contribution < -0.4 is 0 Å². The Morgan fingerprint density at radius 1 is 1.12 bits per heavy atom. The highest BCUT2D eigenvalue weighted by Gasteiger charge is 2.30. The van der Waals surface area contributed by atoms with Crippen molar-refractivity contribution in [3.8, 4) is 0 Å². The predicted octanol–water partition coefficient (Wildman–Crippen LogP) is 2.72. The summed E-state index contributed by atoms with van der Waals surface area (Å²) in [5.41, 5.74) is 0.918. The number of hydrogen-bond acceptors (Lipinski definition) is 4. The monoisotopic (exact) mass is 366 g/mol. The van der Waals surface area contributed by atoms with Gasteiger partial charge in [0.15, 0.2) is 0 Å². The lowest BCUT2D eigenvalue weighted by molar-refractivity contribution is 0.0729. The summed E-state index contributed by atoms with van der Waals surface area (Å²) in [5, 5.41) is 0. The summed E-state index contributed by atoms with van der Waals surface area (Å²) in [7, 11) is -3.45. The lowest BCUT2D eigenvalue weighted by Gasteiger charge is -2.38. The Hall–Kier alpha value is -0.950. The molecule has 140 valence electrons. The Morgan fingerprint density at radius 3 is 2.56 bits per heavy atom. The molecule has 1 aromatic carbocycles. The molecule has 1 unspecified atom stereocenters. The molecule has 0 radical (unpaired) electrons. The van der Waals surface area contributed by atoms with Crippen molar-refractivity contribution in [1.29, 1.82) is 0 Å². The van der Waals surface area contributed by atoms with Crippen LogP contribution in [-0.2, 0) is 21.3 Å². The van der Waals surface area contributed by atoms with E-state index in [0.29, 0.717) is 49.7 Å². The van der Waals surface area contributed by atoms with E-state index in [9.17, 15) is 8.42 Å². The Kier molecular flexibility index (Phi) is 6.15. The number of ether oxygens (including phenoxy) is 1. The van der Waals surface area contributed by atoms with Gasteiger partial charge >= 0.3 is 0 Å². The van der Waals surface area contributed by atoms with Gasteiger partial charge in [-0.3, -0.25) is 4.90 Å². The molecule has 2 aliphatic heterocycles. The minimum Gasteiger partial charge on any atom is -0.379 e. The van der Waals surface area contributed by atoms with Crippen LogP contribution in [0.3, 0.4) is 0 Å². The van der Waals surface area contributed by atoms with Gasteiger partial charge < -0.3 is 4.74 Å². The first kappa shape index (κ1) is 18.8. The summed E-state index contributed by atoms with van der Waals surface area (Å²) in [6, 6.07) is 8.04. The quantitative estimate of drug-likeness (QED) is 0.804. The van der Waals surface area contributed by atoms with Crippen molar-refractivity contribution in [3.05, 3.63) is 29.8 Å². The Labute approximate surface area is 152 Å². The second kappa shape index (κ2) is 8.16. The van der Waals surface area contributed by atoms with Gasteiger partial charge in [0.25, 0.3) is 0 Å². The van der Waals surface area contributed by atoms with E-state index >= 15 is 0 Å². The smallest absolute Gasteiger partial charge is 0.243 e. The minimum atomic E-state index is -3.45. The van der Waals surface area contributed by atoms with Crippen LogP contribution in [0.15, 0.2) is 29.2 Å². The van der Waals surface area contributed by atoms with Crippen molar-refractivity contribution < 1.29 is 13.2 Å². The highest BCUT2D eigenvalue weighted by atomic mass is 32.2. The van der Waals surface area contributed by atoms with Crippen LogP contribution >= 0.6 is 0 Å². The number of piperidine rings is 1. The molecule has 1 atom stereocenters. The summed E-state index contributed by atoms with van der Waals surface area (Å²) in [6.45, 7) is 8.12. The van der Waals surface area contributed by atoms with Gasteiger partial charge in [-0.05, 0) is 36.9 Å². The molecule has 2 heterocycles. The van der Waals surface area contributed by atoms with E-state index in [2.05, 4.69) is 18.7 Å². The molecule has 0 bridgehead atoms. The molecular weight excluding hydrogens is 336 g/mol. The standard InChI is InChI=1S/C19H30N2O3S/c1-16(2)18-8-5-6-10-20(18)15-17-7-3-4-9-19(17)25(22,23)21-11-13-24-14-12-21/h3-4,7,9,16,18H,5-6,8,10-15H2,1-2H3. The maximum atomic E-state index is 13.1. The molecule has 25 heavy (non-hydrogen) atoms. The molecule has 0 aliphatic carbocycles. The average Bonchev–Trinajstić information content (AvgIpc) is 2.63. The van der Waals surface area contributed by atoms with Gasteiger partial charge in [-0.15, -0.1) is 0 Å². The maximum Gasteiger partial charge on any atom is 0.243 e. The fourth-order valence-electron chi connectivity index (χ4n) is 4.00. The zero-order valence-corrected chi connectivity index (χ0v) is 16.2. The Balaban J connectivity index is 1.85. The topological polar surface area (TPSA) is 49.9 Å². The first-order valence-corrected chi connectivity index (χ1v) is 10.8. The minimum absolute atomic E-state index is 0.439. The lowest BCUT2D eigenvalue weighted by Crippen LogP contribution is -2.43. The van der Waals surface area contributed by atoms with E-state index in [4.69, 9.17) is 4.74 Å². The number of sulfonamides is 1. The third-order valence-corrected chi connectivity index (χ3v) is 7.37. The predicted molar refractivity (Wildman–Crippen MR) is 98.9 cm³/mol. The third kappa shape index (κ3) is 4.25. The molecule has 0 N–H and O–H groups in total. The van der Waals surface area contributed by atoms with Crippen LogP contribution in [0.25, 0.3) is 0 Å². The van der Waals surface area contributed by atoms with Gasteiger partial charge in [0.1, 0.15) is 0 Å². The number of benzene rings is 1. The zero-order valence-electron chi connectivity index (χ0n) is 15.4. The molecule has 0 saturated carbocycles. The van der Waals surface area contributed by atoms with Crippen LogP contribution in [0.1, 0.15) is 38.7 Å². The van der Waals surface area contributed by atoms with E-state index in [-0.39, 0.29) is 0 Å². The first-order valence-electron chi connectivity index (χ1n) is 9.40. The van der Waals surface area contributed by atoms with E-state index in [1.165, 1.54) is 19.3 Å². The van der Waals surface area contributed by atoms with Crippen molar-refractivity contribution in [2.24, 2.45) is 5.92 Å². The third-order valence-electron chi connectivity index (χ3n) is 5.37. The maximum absolute atomic E-state index is 13.1. The lowest BCUT2D eigenvalue weighted by atomic mass is 9.92. The number of morpholine rings is 1. The van der Waals surface area contributed by atoms with Gasteiger partial charge in [0.2, 0.25) is 10.0 Å². The number of rotatable bonds is 5. The number of nitrogens with zero attached hydrogens (tertiary/aromatic N) is 2. The molecule has 2 fully saturated rings. The number of hydrogen-bond donors (Lipinski definition) is 0. The van der Waals surface area contributed by atoms with E-state index in [1.807, 2.05) is 18.2 Å². The summed E-state index contributed by atoms with van der Waals surface area (Å²) in [4.78, 5) is 2.94. The zero-order chi connectivity index (χ0) is 17.9. The van der Waals surface area contributed by atoms with Crippen molar-refractivity contribution >= 4 is 10.0 Å². The molecule has 2 saturated heterocycles. The molecule has 2 aliphatic rings. The first-order chi connectivity index (χ1) is 12.0. The van der Waals surface area contributed by atoms with Crippen LogP contribution in [-0.4, -0.2) is 56.5 Å². The van der Waals surface area contributed by atoms with Gasteiger partial charge in [-0.2, -0.15) is 4.31 Å². The van der Waals surface area contributed by atoms with Crippen LogP contribution in [0.4, 0.5) is 0 Å². The Bertz CT molecular complexity index is 669. The molecule has 5 nitrogen and oxygen atoms in total. The van der Waals surface area contributed by atoms with Gasteiger partial charge in [-0.1, -0.05) is 38.5 Å². The fraction of sp³-hybridized carbons (Fsp3) is 0.684. The van der Waals surface area contributed by atoms with Gasteiger partial charge in [0.05, 0.1) is 18.1 Å². The van der Waals surface area contributed by atoms with Crippen molar-refractivity contribution in [1.82, 2.24) is 9.21 Å². The van der Waals surface area contributed by atoms with Crippen molar-refractivity contribution in [2.75, 3.05) is 32.8 Å². The largest absolute Gasteiger partial charge is 0.379 e. The van der Waals surface area contributed by atoms with Gasteiger partial charge in [-0.25, -0.2) is 8.42 Å². The van der Waals surface area contributed by atoms with Crippen LogP contribution in [0.5, 0.6) is 0 Å². The van der Waals surface area contributed by atoms with Gasteiger partial charge in [0, 0.05) is 25.7 Å². The summed E-state index contributed by atoms with van der Waals surface area (Å²) in [5.74, 6) is 0.586. The SMILES string of the molecule is CC(C)C1CCCCN1Cc1ccccc1S(=O)(=O)N1CCOCC1. The molecule has 1 aromatic rings. The summed E-state index contributed by atoms with van der Waals surface area (Å²) in [6.07, 6.45) is 3.67. The molecule has 0 amide bonds. The normalized spacial score (nSPS) is 23.9. The van der Waals surface area contributed by atoms with Crippen LogP contribution in [0.2, 0.25) is 0 Å². The second-order valence-corrected chi connectivity index (χ2v) is 9.31. The van der Waals surface area contributed by atoms with Crippen molar-refractivity contribution in [2.45, 2.75) is 50.6 Å². The van der Waals surface area contributed by atoms with E-state index in [0.717, 1.165) is 12.1 Å². The van der Waals surface area contributed by atoms with Crippen LogP contribution in [0, 0.1) is 5.92 Å². The summed E-state index contributed by atoms with van der Waals surface area (Å²) < 4.78 is 33.1. The summed E-state index contributed by atoms with van der Waals surface area (Å²) >= 11 is 0. The number of likely N-dealkylation sites (tertiary alicyclic amines) is 1. The van der Waals surface area contributed by atoms with Crippen molar-refractivity contribution in [3.63, 3.8) is 0 Å². The Morgan fingerprint density at radius 2 is 1.84 bits per heavy atom. The van der Waals surface area contributed by atoms with E-state index < -0.39 is 10.0 Å². The molecule has 0 aromatic heterocycles. The van der Waals surface area contributed by atoms with E-state index in [1.54, 1.807) is 10.4 Å². The molecule has 3 rings (SSSR count).